The van der Waals surface area contributed by atoms with Gasteiger partial charge in [0.05, 0.1) is 4.70 Å². The van der Waals surface area contributed by atoms with E-state index in [2.05, 4.69) is 44.3 Å². The number of carbonyl (C=O) groups is 3. The van der Waals surface area contributed by atoms with Crippen LogP contribution in [0.2, 0.25) is 0 Å². The van der Waals surface area contributed by atoms with E-state index in [1.165, 1.54) is 49.6 Å². The van der Waals surface area contributed by atoms with Crippen LogP contribution in [0.25, 0.3) is 10.1 Å². The average Bonchev–Trinajstić information content (AvgIpc) is 3.58. The average molecular weight is 504 g/mol. The maximum absolute atomic E-state index is 13.3. The standard InChI is InChI=1S/C22H29N5OS.2CH2O2/c1-24-11-17-9-16(24)12-27(17)15-3-4-18-20(10-15)29-23-21(18)22(28)25(2)19-13-26-7-5-14(19)6-8-26;2*2-1-3/h3-4,10,14,16-17,19H,5-9,11-13H2,1-2H3;2*1H,(H,2,3)/t16-,17-,19-;;/m0../s1. The number of nitrogens with zero attached hydrogens (tertiary/aromatic N) is 5. The molecule has 35 heavy (non-hydrogen) atoms. The number of anilines is 1. The second kappa shape index (κ2) is 10.9. The van der Waals surface area contributed by atoms with Crippen LogP contribution in [0, 0.1) is 5.92 Å². The van der Waals surface area contributed by atoms with E-state index in [1.54, 1.807) is 0 Å². The Morgan fingerprint density at radius 1 is 1.11 bits per heavy atom. The van der Waals surface area contributed by atoms with Crippen LogP contribution >= 0.6 is 11.5 Å². The number of likely N-dealkylation sites (tertiary alicyclic amines) is 1. The molecule has 1 amide bonds. The largest absolute Gasteiger partial charge is 0.483 e. The van der Waals surface area contributed by atoms with Gasteiger partial charge in [-0.25, -0.2) is 0 Å². The number of piperidine rings is 3. The Bertz CT molecular complexity index is 1050. The molecule has 11 heteroatoms. The van der Waals surface area contributed by atoms with Crippen LogP contribution < -0.4 is 4.90 Å². The zero-order valence-corrected chi connectivity index (χ0v) is 20.9. The van der Waals surface area contributed by atoms with Gasteiger partial charge in [0.2, 0.25) is 0 Å². The Balaban J connectivity index is 0.000000440. The van der Waals surface area contributed by atoms with Gasteiger partial charge in [0.25, 0.3) is 18.9 Å². The number of aromatic nitrogens is 1. The molecule has 0 aliphatic carbocycles. The summed E-state index contributed by atoms with van der Waals surface area (Å²) in [5.41, 5.74) is 1.92. The van der Waals surface area contributed by atoms with E-state index in [9.17, 15) is 4.79 Å². The van der Waals surface area contributed by atoms with Crippen LogP contribution in [-0.2, 0) is 9.59 Å². The molecule has 0 saturated carbocycles. The highest BCUT2D eigenvalue weighted by molar-refractivity contribution is 7.13. The van der Waals surface area contributed by atoms with Crippen molar-refractivity contribution in [2.24, 2.45) is 5.92 Å². The number of piperazine rings is 1. The number of carboxylic acid groups (broad SMARTS) is 2. The molecule has 1 aromatic carbocycles. The fourth-order valence-electron chi connectivity index (χ4n) is 6.13. The third kappa shape index (κ3) is 4.98. The fraction of sp³-hybridized carbons (Fsp3) is 0.583. The Morgan fingerprint density at radius 3 is 2.34 bits per heavy atom. The van der Waals surface area contributed by atoms with Crippen molar-refractivity contribution in [1.29, 1.82) is 0 Å². The molecule has 5 saturated heterocycles. The molecular formula is C24H33N5O5S. The van der Waals surface area contributed by atoms with Crippen LogP contribution in [0.15, 0.2) is 18.2 Å². The van der Waals surface area contributed by atoms with Crippen molar-refractivity contribution in [1.82, 2.24) is 19.1 Å². The van der Waals surface area contributed by atoms with Crippen molar-refractivity contribution in [2.75, 3.05) is 51.7 Å². The second-order valence-corrected chi connectivity index (χ2v) is 10.5. The predicted octanol–water partition coefficient (Wildman–Crippen LogP) is 1.76. The molecule has 2 N–H and O–H groups in total. The van der Waals surface area contributed by atoms with Gasteiger partial charge in [0.1, 0.15) is 5.69 Å². The van der Waals surface area contributed by atoms with Gasteiger partial charge in [0, 0.05) is 55.9 Å². The van der Waals surface area contributed by atoms with E-state index in [-0.39, 0.29) is 18.9 Å². The SMILES string of the molecule is CN1C[C@@H]2C[C@H]1CN2c1ccc2c(C(=O)N(C)[C@H]3CN4CCC3CC4)nsc2c1.O=CO.O=CO. The van der Waals surface area contributed by atoms with Gasteiger partial charge in [-0.2, -0.15) is 4.37 Å². The van der Waals surface area contributed by atoms with E-state index < -0.39 is 0 Å². The molecule has 2 aromatic rings. The zero-order valence-electron chi connectivity index (χ0n) is 20.1. The summed E-state index contributed by atoms with van der Waals surface area (Å²) < 4.78 is 5.74. The minimum absolute atomic E-state index is 0.0876. The number of hydrogen-bond donors (Lipinski definition) is 2. The van der Waals surface area contributed by atoms with E-state index in [1.807, 2.05) is 11.9 Å². The fourth-order valence-corrected chi connectivity index (χ4v) is 6.93. The molecule has 6 heterocycles. The number of benzene rings is 1. The van der Waals surface area contributed by atoms with Gasteiger partial charge < -0.3 is 24.9 Å². The molecule has 10 nitrogen and oxygen atoms in total. The number of rotatable bonds is 3. The van der Waals surface area contributed by atoms with Crippen molar-refractivity contribution in [3.8, 4) is 0 Å². The quantitative estimate of drug-likeness (QED) is 0.604. The Labute approximate surface area is 208 Å². The minimum atomic E-state index is -0.250. The van der Waals surface area contributed by atoms with Crippen molar-refractivity contribution in [3.63, 3.8) is 0 Å². The van der Waals surface area contributed by atoms with Crippen LogP contribution in [0.3, 0.4) is 0 Å². The van der Waals surface area contributed by atoms with Crippen LogP contribution in [0.4, 0.5) is 5.69 Å². The second-order valence-electron chi connectivity index (χ2n) is 9.68. The van der Waals surface area contributed by atoms with Crippen LogP contribution in [-0.4, -0.2) is 113 Å². The summed E-state index contributed by atoms with van der Waals surface area (Å²) >= 11 is 1.47. The van der Waals surface area contributed by atoms with Crippen molar-refractivity contribution in [3.05, 3.63) is 23.9 Å². The Morgan fingerprint density at radius 2 is 1.80 bits per heavy atom. The summed E-state index contributed by atoms with van der Waals surface area (Å²) in [4.78, 5) is 39.5. The van der Waals surface area contributed by atoms with Crippen molar-refractivity contribution < 1.29 is 24.6 Å². The molecule has 1 aromatic heterocycles. The summed E-state index contributed by atoms with van der Waals surface area (Å²) in [5.74, 6) is 0.735. The highest BCUT2D eigenvalue weighted by atomic mass is 32.1. The number of fused-ring (bicyclic) bond motifs is 6. The molecule has 5 aliphatic rings. The Kier molecular flexibility index (Phi) is 7.88. The molecule has 0 spiro atoms. The van der Waals surface area contributed by atoms with E-state index in [0.717, 1.165) is 29.7 Å². The summed E-state index contributed by atoms with van der Waals surface area (Å²) in [5, 5.41) is 14.8. The number of carbonyl (C=O) groups excluding carboxylic acids is 1. The number of likely N-dealkylation sites (N-methyl/N-ethyl adjacent to an activating group) is 2. The van der Waals surface area contributed by atoms with Gasteiger partial charge >= 0.3 is 0 Å². The lowest BCUT2D eigenvalue weighted by atomic mass is 9.83. The molecule has 0 radical (unpaired) electrons. The summed E-state index contributed by atoms with van der Waals surface area (Å²) in [6, 6.07) is 8.21. The molecule has 190 valence electrons. The molecule has 5 fully saturated rings. The van der Waals surface area contributed by atoms with Crippen molar-refractivity contribution >= 4 is 46.2 Å². The van der Waals surface area contributed by atoms with Crippen LogP contribution in [0.1, 0.15) is 29.8 Å². The van der Waals surface area contributed by atoms with Crippen molar-refractivity contribution in [2.45, 2.75) is 37.4 Å². The zero-order chi connectivity index (χ0) is 25.1. The third-order valence-electron chi connectivity index (χ3n) is 7.94. The third-order valence-corrected chi connectivity index (χ3v) is 8.75. The monoisotopic (exact) mass is 503 g/mol. The maximum Gasteiger partial charge on any atom is 0.290 e. The molecular weight excluding hydrogens is 470 g/mol. The van der Waals surface area contributed by atoms with Gasteiger partial charge in [-0.1, -0.05) is 0 Å². The smallest absolute Gasteiger partial charge is 0.290 e. The van der Waals surface area contributed by atoms with Gasteiger partial charge in [-0.3, -0.25) is 19.3 Å². The summed E-state index contributed by atoms with van der Waals surface area (Å²) in [6.07, 6.45) is 3.71. The lowest BCUT2D eigenvalue weighted by Crippen LogP contribution is -2.57. The van der Waals surface area contributed by atoms with Gasteiger partial charge in [0.15, 0.2) is 0 Å². The van der Waals surface area contributed by atoms with Crippen LogP contribution in [0.5, 0.6) is 0 Å². The first-order chi connectivity index (χ1) is 16.9. The maximum atomic E-state index is 13.3. The van der Waals surface area contributed by atoms with E-state index >= 15 is 0 Å². The molecule has 0 unspecified atom stereocenters. The minimum Gasteiger partial charge on any atom is -0.483 e. The first-order valence-electron chi connectivity index (χ1n) is 11.9. The number of hydrogen-bond acceptors (Lipinski definition) is 8. The first-order valence-corrected chi connectivity index (χ1v) is 12.7. The van der Waals surface area contributed by atoms with Gasteiger partial charge in [-0.15, -0.1) is 0 Å². The predicted molar refractivity (Wildman–Crippen MR) is 134 cm³/mol. The van der Waals surface area contributed by atoms with Gasteiger partial charge in [-0.05, 0) is 75.0 Å². The molecule has 4 bridgehead atoms. The lowest BCUT2D eigenvalue weighted by molar-refractivity contribution is -0.123. The highest BCUT2D eigenvalue weighted by Gasteiger charge is 2.42. The molecule has 7 rings (SSSR count). The summed E-state index contributed by atoms with van der Waals surface area (Å²) in [7, 11) is 4.21. The van der Waals surface area contributed by atoms with E-state index in [0.29, 0.717) is 29.7 Å². The molecule has 3 atom stereocenters. The normalized spacial score (nSPS) is 28.6. The highest BCUT2D eigenvalue weighted by Crippen LogP contribution is 2.37. The summed E-state index contributed by atoms with van der Waals surface area (Å²) in [6.45, 7) is 5.17. The lowest BCUT2D eigenvalue weighted by Gasteiger charge is -2.47. The molecule has 5 aliphatic heterocycles. The first kappa shape index (κ1) is 25.3. The number of amides is 1. The topological polar surface area (TPSA) is 118 Å². The Hall–Kier alpha value is -2.76. The van der Waals surface area contributed by atoms with E-state index in [4.69, 9.17) is 19.8 Å².